The minimum Gasteiger partial charge on any atom is -0.508 e. The number of anilines is 2. The lowest BCUT2D eigenvalue weighted by Crippen LogP contribution is -2.29. The molecular formula is C18H20N2O3. The Labute approximate surface area is 135 Å². The predicted octanol–water partition coefficient (Wildman–Crippen LogP) is 3.09. The van der Waals surface area contributed by atoms with Crippen molar-refractivity contribution in [3.05, 3.63) is 53.6 Å². The van der Waals surface area contributed by atoms with Crippen LogP contribution in [-0.4, -0.2) is 16.9 Å². The molecule has 120 valence electrons. The van der Waals surface area contributed by atoms with Gasteiger partial charge >= 0.3 is 11.8 Å². The molecule has 5 nitrogen and oxygen atoms in total. The summed E-state index contributed by atoms with van der Waals surface area (Å²) in [5.41, 5.74) is 3.05. The maximum absolute atomic E-state index is 12.2. The van der Waals surface area contributed by atoms with Crippen molar-refractivity contribution in [1.29, 1.82) is 0 Å². The van der Waals surface area contributed by atoms with Crippen LogP contribution in [0.5, 0.6) is 5.75 Å². The van der Waals surface area contributed by atoms with Crippen LogP contribution in [0.1, 0.15) is 25.0 Å². The SMILES string of the molecule is CCc1cccc(CC)c1NC(=O)C(=O)Nc1cccc(O)c1. The second-order valence-corrected chi connectivity index (χ2v) is 5.12. The van der Waals surface area contributed by atoms with E-state index in [1.807, 2.05) is 32.0 Å². The molecule has 2 amide bonds. The Morgan fingerprint density at radius 3 is 2.04 bits per heavy atom. The summed E-state index contributed by atoms with van der Waals surface area (Å²) < 4.78 is 0. The van der Waals surface area contributed by atoms with Crippen molar-refractivity contribution in [2.24, 2.45) is 0 Å². The average molecular weight is 312 g/mol. The van der Waals surface area contributed by atoms with Crippen molar-refractivity contribution in [2.45, 2.75) is 26.7 Å². The van der Waals surface area contributed by atoms with Gasteiger partial charge in [0.05, 0.1) is 0 Å². The Balaban J connectivity index is 2.14. The normalized spacial score (nSPS) is 10.2. The number of rotatable bonds is 4. The van der Waals surface area contributed by atoms with E-state index in [1.54, 1.807) is 12.1 Å². The zero-order valence-corrected chi connectivity index (χ0v) is 13.2. The van der Waals surface area contributed by atoms with E-state index in [1.165, 1.54) is 12.1 Å². The van der Waals surface area contributed by atoms with Gasteiger partial charge in [0.15, 0.2) is 0 Å². The van der Waals surface area contributed by atoms with Crippen LogP contribution in [0.2, 0.25) is 0 Å². The molecule has 0 saturated carbocycles. The first kappa shape index (κ1) is 16.5. The number of phenolic OH excluding ortho intramolecular Hbond substituents is 1. The Kier molecular flexibility index (Phi) is 5.36. The van der Waals surface area contributed by atoms with Crippen LogP contribution >= 0.6 is 0 Å². The van der Waals surface area contributed by atoms with Crippen LogP contribution in [0.25, 0.3) is 0 Å². The Hall–Kier alpha value is -2.82. The van der Waals surface area contributed by atoms with Crippen molar-refractivity contribution < 1.29 is 14.7 Å². The molecule has 0 aliphatic rings. The van der Waals surface area contributed by atoms with Crippen LogP contribution in [0.15, 0.2) is 42.5 Å². The summed E-state index contributed by atoms with van der Waals surface area (Å²) in [6.07, 6.45) is 1.52. The zero-order valence-electron chi connectivity index (χ0n) is 13.2. The molecule has 23 heavy (non-hydrogen) atoms. The molecule has 0 heterocycles. The number of para-hydroxylation sites is 1. The van der Waals surface area contributed by atoms with E-state index in [0.29, 0.717) is 11.4 Å². The van der Waals surface area contributed by atoms with Gasteiger partial charge in [0, 0.05) is 17.4 Å². The zero-order chi connectivity index (χ0) is 16.8. The van der Waals surface area contributed by atoms with Gasteiger partial charge in [0.1, 0.15) is 5.75 Å². The van der Waals surface area contributed by atoms with Crippen molar-refractivity contribution >= 4 is 23.2 Å². The summed E-state index contributed by atoms with van der Waals surface area (Å²) in [4.78, 5) is 24.2. The van der Waals surface area contributed by atoms with Gasteiger partial charge in [-0.25, -0.2) is 0 Å². The van der Waals surface area contributed by atoms with E-state index in [0.717, 1.165) is 24.0 Å². The molecule has 0 aromatic heterocycles. The second-order valence-electron chi connectivity index (χ2n) is 5.12. The van der Waals surface area contributed by atoms with Gasteiger partial charge in [-0.1, -0.05) is 38.1 Å². The molecule has 0 aliphatic heterocycles. The molecule has 0 fully saturated rings. The fourth-order valence-corrected chi connectivity index (χ4v) is 2.34. The molecule has 2 rings (SSSR count). The molecule has 2 aromatic rings. The fourth-order valence-electron chi connectivity index (χ4n) is 2.34. The van der Waals surface area contributed by atoms with Crippen molar-refractivity contribution in [3.8, 4) is 5.75 Å². The summed E-state index contributed by atoms with van der Waals surface area (Å²) in [6.45, 7) is 3.99. The van der Waals surface area contributed by atoms with Crippen molar-refractivity contribution in [3.63, 3.8) is 0 Å². The van der Waals surface area contributed by atoms with Gasteiger partial charge in [-0.3, -0.25) is 9.59 Å². The highest BCUT2D eigenvalue weighted by Gasteiger charge is 2.17. The first-order chi connectivity index (χ1) is 11.0. The Morgan fingerprint density at radius 1 is 0.913 bits per heavy atom. The van der Waals surface area contributed by atoms with E-state index in [4.69, 9.17) is 0 Å². The van der Waals surface area contributed by atoms with E-state index in [2.05, 4.69) is 10.6 Å². The number of carbonyl (C=O) groups excluding carboxylic acids is 2. The van der Waals surface area contributed by atoms with Gasteiger partial charge in [0.2, 0.25) is 0 Å². The monoisotopic (exact) mass is 312 g/mol. The quantitative estimate of drug-likeness (QED) is 0.759. The molecular weight excluding hydrogens is 292 g/mol. The number of aryl methyl sites for hydroxylation is 2. The minimum absolute atomic E-state index is 0.0211. The molecule has 2 aromatic carbocycles. The van der Waals surface area contributed by atoms with E-state index >= 15 is 0 Å². The fraction of sp³-hybridized carbons (Fsp3) is 0.222. The molecule has 0 unspecified atom stereocenters. The first-order valence-corrected chi connectivity index (χ1v) is 7.57. The molecule has 3 N–H and O–H groups in total. The maximum Gasteiger partial charge on any atom is 0.314 e. The molecule has 0 aliphatic carbocycles. The molecule has 5 heteroatoms. The topological polar surface area (TPSA) is 78.4 Å². The molecule has 0 spiro atoms. The smallest absolute Gasteiger partial charge is 0.314 e. The van der Waals surface area contributed by atoms with Crippen LogP contribution in [-0.2, 0) is 22.4 Å². The number of hydrogen-bond acceptors (Lipinski definition) is 3. The number of aromatic hydroxyl groups is 1. The van der Waals surface area contributed by atoms with Gasteiger partial charge in [-0.2, -0.15) is 0 Å². The van der Waals surface area contributed by atoms with E-state index in [-0.39, 0.29) is 5.75 Å². The summed E-state index contributed by atoms with van der Waals surface area (Å²) in [6, 6.07) is 11.9. The van der Waals surface area contributed by atoms with Gasteiger partial charge in [-0.05, 0) is 36.1 Å². The third-order valence-corrected chi connectivity index (χ3v) is 3.55. The number of phenols is 1. The van der Waals surface area contributed by atoms with Crippen molar-refractivity contribution in [2.75, 3.05) is 10.6 Å². The summed E-state index contributed by atoms with van der Waals surface area (Å²) in [5, 5.41) is 14.6. The summed E-state index contributed by atoms with van der Waals surface area (Å²) >= 11 is 0. The van der Waals surface area contributed by atoms with E-state index in [9.17, 15) is 14.7 Å². The Bertz CT molecular complexity index is 704. The van der Waals surface area contributed by atoms with E-state index < -0.39 is 11.8 Å². The van der Waals surface area contributed by atoms with Crippen LogP contribution < -0.4 is 10.6 Å². The summed E-state index contributed by atoms with van der Waals surface area (Å²) in [5.74, 6) is -1.49. The Morgan fingerprint density at radius 2 is 1.48 bits per heavy atom. The lowest BCUT2D eigenvalue weighted by molar-refractivity contribution is -0.133. The largest absolute Gasteiger partial charge is 0.508 e. The molecule has 0 atom stereocenters. The maximum atomic E-state index is 12.2. The third-order valence-electron chi connectivity index (χ3n) is 3.55. The summed E-state index contributed by atoms with van der Waals surface area (Å²) in [7, 11) is 0. The number of carbonyl (C=O) groups is 2. The highest BCUT2D eigenvalue weighted by molar-refractivity contribution is 6.43. The minimum atomic E-state index is -0.774. The lowest BCUT2D eigenvalue weighted by atomic mass is 10.0. The average Bonchev–Trinajstić information content (AvgIpc) is 2.54. The third kappa shape index (κ3) is 4.10. The van der Waals surface area contributed by atoms with Crippen molar-refractivity contribution in [1.82, 2.24) is 0 Å². The van der Waals surface area contributed by atoms with Crippen LogP contribution in [0, 0.1) is 0 Å². The van der Waals surface area contributed by atoms with Gasteiger partial charge in [0.25, 0.3) is 0 Å². The number of benzene rings is 2. The predicted molar refractivity (Wildman–Crippen MR) is 90.6 cm³/mol. The number of hydrogen-bond donors (Lipinski definition) is 3. The first-order valence-electron chi connectivity index (χ1n) is 7.57. The van der Waals surface area contributed by atoms with Crippen LogP contribution in [0.3, 0.4) is 0 Å². The lowest BCUT2D eigenvalue weighted by Gasteiger charge is -2.14. The standard InChI is InChI=1S/C18H20N2O3/c1-3-12-7-5-8-13(4-2)16(12)20-18(23)17(22)19-14-9-6-10-15(21)11-14/h5-11,21H,3-4H2,1-2H3,(H,19,22)(H,20,23). The number of amides is 2. The molecule has 0 bridgehead atoms. The second kappa shape index (κ2) is 7.45. The molecule has 0 radical (unpaired) electrons. The highest BCUT2D eigenvalue weighted by atomic mass is 16.3. The highest BCUT2D eigenvalue weighted by Crippen LogP contribution is 2.22. The van der Waals surface area contributed by atoms with Gasteiger partial charge in [-0.15, -0.1) is 0 Å². The number of nitrogens with one attached hydrogen (secondary N) is 2. The van der Waals surface area contributed by atoms with Crippen LogP contribution in [0.4, 0.5) is 11.4 Å². The molecule has 0 saturated heterocycles. The van der Waals surface area contributed by atoms with Gasteiger partial charge < -0.3 is 15.7 Å².